The van der Waals surface area contributed by atoms with Gasteiger partial charge in [0, 0.05) is 0 Å². The molecule has 68 valence electrons. The number of nitrogens with one attached hydrogen (secondary N) is 2. The predicted molar refractivity (Wildman–Crippen MR) is 44.4 cm³/mol. The van der Waals surface area contributed by atoms with Crippen LogP contribution in [0.5, 0.6) is 0 Å². The first-order chi connectivity index (χ1) is 5.47. The minimum atomic E-state index is -0.630. The van der Waals surface area contributed by atoms with E-state index in [0.29, 0.717) is 6.42 Å². The lowest BCUT2D eigenvalue weighted by Gasteiger charge is -2.34. The van der Waals surface area contributed by atoms with E-state index >= 15 is 0 Å². The molecule has 1 unspecified atom stereocenters. The van der Waals surface area contributed by atoms with Crippen LogP contribution in [0.25, 0.3) is 0 Å². The van der Waals surface area contributed by atoms with Gasteiger partial charge in [-0.25, -0.2) is 0 Å². The van der Waals surface area contributed by atoms with Crippen molar-refractivity contribution in [2.24, 2.45) is 0 Å². The van der Waals surface area contributed by atoms with Crippen LogP contribution >= 0.6 is 0 Å². The zero-order valence-corrected chi connectivity index (χ0v) is 7.60. The molecule has 0 aromatic carbocycles. The molecule has 2 amide bonds. The highest BCUT2D eigenvalue weighted by Gasteiger charge is 2.38. The third-order valence-electron chi connectivity index (χ3n) is 2.06. The minimum Gasteiger partial charge on any atom is -0.293 e. The Hall–Kier alpha value is -0.900. The van der Waals surface area contributed by atoms with Crippen molar-refractivity contribution in [3.8, 4) is 0 Å². The molecule has 1 aliphatic heterocycles. The van der Waals surface area contributed by atoms with Crippen molar-refractivity contribution in [1.29, 1.82) is 0 Å². The summed E-state index contributed by atoms with van der Waals surface area (Å²) in [6.07, 6.45) is 0.697. The van der Waals surface area contributed by atoms with Crippen LogP contribution in [0.4, 0.5) is 0 Å². The fraction of sp³-hybridized carbons (Fsp3) is 0.750. The quantitative estimate of drug-likeness (QED) is 0.535. The van der Waals surface area contributed by atoms with Gasteiger partial charge in [0.05, 0.1) is 11.6 Å². The van der Waals surface area contributed by atoms with Crippen molar-refractivity contribution in [1.82, 2.24) is 10.6 Å². The van der Waals surface area contributed by atoms with Gasteiger partial charge in [-0.2, -0.15) is 0 Å². The summed E-state index contributed by atoms with van der Waals surface area (Å²) in [7, 11) is 0. The average molecular weight is 170 g/mol. The van der Waals surface area contributed by atoms with E-state index in [-0.39, 0.29) is 17.9 Å². The van der Waals surface area contributed by atoms with Crippen molar-refractivity contribution in [2.45, 2.75) is 38.8 Å². The standard InChI is InChI=1S/C8H14N2O2/c1-4-5-6(11)9-7(12)8(2,3)10-5/h5,10H,4H2,1-3H3,(H,9,11,12). The zero-order chi connectivity index (χ0) is 9.35. The normalized spacial score (nSPS) is 28.4. The molecule has 1 heterocycles. The van der Waals surface area contributed by atoms with Gasteiger partial charge >= 0.3 is 0 Å². The van der Waals surface area contributed by atoms with Crippen LogP contribution in [0.15, 0.2) is 0 Å². The van der Waals surface area contributed by atoms with Gasteiger partial charge in [-0.3, -0.25) is 20.2 Å². The molecule has 1 rings (SSSR count). The molecule has 0 aromatic rings. The molecule has 0 aromatic heterocycles. The molecule has 0 saturated carbocycles. The number of piperazine rings is 1. The maximum Gasteiger partial charge on any atom is 0.246 e. The van der Waals surface area contributed by atoms with Gasteiger partial charge < -0.3 is 0 Å². The molecule has 2 N–H and O–H groups in total. The van der Waals surface area contributed by atoms with Crippen LogP contribution < -0.4 is 10.6 Å². The first-order valence-electron chi connectivity index (χ1n) is 4.10. The van der Waals surface area contributed by atoms with Crippen LogP contribution in [-0.2, 0) is 9.59 Å². The Labute approximate surface area is 71.7 Å². The van der Waals surface area contributed by atoms with E-state index < -0.39 is 5.54 Å². The Kier molecular flexibility index (Phi) is 2.19. The number of hydrogen-bond acceptors (Lipinski definition) is 3. The molecule has 1 atom stereocenters. The van der Waals surface area contributed by atoms with Crippen LogP contribution in [-0.4, -0.2) is 23.4 Å². The van der Waals surface area contributed by atoms with Gasteiger partial charge in [-0.05, 0) is 20.3 Å². The fourth-order valence-electron chi connectivity index (χ4n) is 1.21. The number of amides is 2. The van der Waals surface area contributed by atoms with E-state index in [1.807, 2.05) is 6.92 Å². The highest BCUT2D eigenvalue weighted by atomic mass is 16.2. The summed E-state index contributed by atoms with van der Waals surface area (Å²) in [5, 5.41) is 5.31. The van der Waals surface area contributed by atoms with E-state index in [1.165, 1.54) is 0 Å². The van der Waals surface area contributed by atoms with E-state index in [4.69, 9.17) is 0 Å². The third kappa shape index (κ3) is 1.48. The molecule has 4 heteroatoms. The summed E-state index contributed by atoms with van der Waals surface area (Å²) in [4.78, 5) is 22.3. The van der Waals surface area contributed by atoms with Gasteiger partial charge in [-0.15, -0.1) is 0 Å². The molecule has 0 spiro atoms. The first kappa shape index (κ1) is 9.19. The second-order valence-corrected chi connectivity index (χ2v) is 3.55. The van der Waals surface area contributed by atoms with E-state index in [1.54, 1.807) is 13.8 Å². The fourth-order valence-corrected chi connectivity index (χ4v) is 1.21. The summed E-state index contributed by atoms with van der Waals surface area (Å²) in [5.74, 6) is -0.473. The van der Waals surface area contributed by atoms with Gasteiger partial charge in [0.2, 0.25) is 11.8 Å². The minimum absolute atomic E-state index is 0.221. The maximum atomic E-state index is 11.2. The van der Waals surface area contributed by atoms with Gasteiger partial charge in [-0.1, -0.05) is 6.92 Å². The van der Waals surface area contributed by atoms with Crippen LogP contribution in [0.3, 0.4) is 0 Å². The van der Waals surface area contributed by atoms with Gasteiger partial charge in [0.15, 0.2) is 0 Å². The van der Waals surface area contributed by atoms with Crippen molar-refractivity contribution < 1.29 is 9.59 Å². The Bertz CT molecular complexity index is 223. The molecular formula is C8H14N2O2. The topological polar surface area (TPSA) is 58.2 Å². The van der Waals surface area contributed by atoms with Crippen molar-refractivity contribution in [2.75, 3.05) is 0 Å². The second-order valence-electron chi connectivity index (χ2n) is 3.55. The van der Waals surface area contributed by atoms with Crippen molar-refractivity contribution in [3.63, 3.8) is 0 Å². The van der Waals surface area contributed by atoms with Gasteiger partial charge in [0.25, 0.3) is 0 Å². The second kappa shape index (κ2) is 2.86. The van der Waals surface area contributed by atoms with E-state index in [9.17, 15) is 9.59 Å². The lowest BCUT2D eigenvalue weighted by atomic mass is 9.98. The Morgan fingerprint density at radius 2 is 2.00 bits per heavy atom. The molecule has 1 aliphatic rings. The Morgan fingerprint density at radius 3 is 2.50 bits per heavy atom. The third-order valence-corrected chi connectivity index (χ3v) is 2.06. The number of hydrogen-bond donors (Lipinski definition) is 2. The summed E-state index contributed by atoms with van der Waals surface area (Å²) in [6, 6.07) is -0.238. The molecule has 1 fully saturated rings. The predicted octanol–water partition coefficient (Wildman–Crippen LogP) is -0.210. The number of carbonyl (C=O) groups is 2. The summed E-state index contributed by atoms with van der Waals surface area (Å²) in [5.41, 5.74) is -0.630. The molecule has 12 heavy (non-hydrogen) atoms. The van der Waals surface area contributed by atoms with E-state index in [0.717, 1.165) is 0 Å². The maximum absolute atomic E-state index is 11.2. The van der Waals surface area contributed by atoms with Gasteiger partial charge in [0.1, 0.15) is 0 Å². The summed E-state index contributed by atoms with van der Waals surface area (Å²) >= 11 is 0. The first-order valence-corrected chi connectivity index (χ1v) is 4.10. The molecule has 0 radical (unpaired) electrons. The van der Waals surface area contributed by atoms with Crippen LogP contribution in [0.1, 0.15) is 27.2 Å². The lowest BCUT2D eigenvalue weighted by Crippen LogP contribution is -2.66. The molecule has 0 aliphatic carbocycles. The van der Waals surface area contributed by atoms with Crippen LogP contribution in [0, 0.1) is 0 Å². The Morgan fingerprint density at radius 1 is 1.42 bits per heavy atom. The lowest BCUT2D eigenvalue weighted by molar-refractivity contribution is -0.139. The average Bonchev–Trinajstić information content (AvgIpc) is 1.97. The van der Waals surface area contributed by atoms with Crippen molar-refractivity contribution in [3.05, 3.63) is 0 Å². The number of rotatable bonds is 1. The molecule has 0 bridgehead atoms. The van der Waals surface area contributed by atoms with Crippen molar-refractivity contribution >= 4 is 11.8 Å². The molecule has 4 nitrogen and oxygen atoms in total. The summed E-state index contributed by atoms with van der Waals surface area (Å²) < 4.78 is 0. The number of carbonyl (C=O) groups excluding carboxylic acids is 2. The largest absolute Gasteiger partial charge is 0.293 e. The molecular weight excluding hydrogens is 156 g/mol. The zero-order valence-electron chi connectivity index (χ0n) is 7.60. The SMILES string of the molecule is CCC1NC(C)(C)C(=O)NC1=O. The summed E-state index contributed by atoms with van der Waals surface area (Å²) in [6.45, 7) is 5.43. The van der Waals surface area contributed by atoms with E-state index in [2.05, 4.69) is 10.6 Å². The smallest absolute Gasteiger partial charge is 0.246 e. The highest BCUT2D eigenvalue weighted by Crippen LogP contribution is 2.10. The highest BCUT2D eigenvalue weighted by molar-refractivity contribution is 6.04. The molecule has 1 saturated heterocycles. The monoisotopic (exact) mass is 170 g/mol. The number of imide groups is 1. The van der Waals surface area contributed by atoms with Crippen LogP contribution in [0.2, 0.25) is 0 Å². The Balaban J connectivity index is 2.77.